The van der Waals surface area contributed by atoms with E-state index in [1.807, 2.05) is 31.5 Å². The van der Waals surface area contributed by atoms with E-state index < -0.39 is 5.97 Å². The summed E-state index contributed by atoms with van der Waals surface area (Å²) in [6.45, 7) is 3.82. The van der Waals surface area contributed by atoms with Crippen molar-refractivity contribution < 1.29 is 9.90 Å². The third-order valence-electron chi connectivity index (χ3n) is 3.39. The minimum absolute atomic E-state index is 0.223. The summed E-state index contributed by atoms with van der Waals surface area (Å²) >= 11 is 0. The van der Waals surface area contributed by atoms with E-state index in [2.05, 4.69) is 20.9 Å². The number of benzene rings is 1. The molecular weight excluding hydrogens is 254 g/mol. The molecule has 0 spiro atoms. The van der Waals surface area contributed by atoms with E-state index in [0.29, 0.717) is 6.42 Å². The van der Waals surface area contributed by atoms with E-state index in [0.717, 1.165) is 30.5 Å². The zero-order valence-electron chi connectivity index (χ0n) is 11.7. The second kappa shape index (κ2) is 7.05. The van der Waals surface area contributed by atoms with Crippen LogP contribution in [-0.2, 0) is 11.3 Å². The van der Waals surface area contributed by atoms with Crippen molar-refractivity contribution in [3.63, 3.8) is 0 Å². The quantitative estimate of drug-likeness (QED) is 0.725. The fourth-order valence-corrected chi connectivity index (χ4v) is 2.23. The molecule has 1 unspecified atom stereocenters. The summed E-state index contributed by atoms with van der Waals surface area (Å²) in [5.41, 5.74) is 2.18. The molecule has 0 aliphatic heterocycles. The normalized spacial score (nSPS) is 12.7. The lowest BCUT2D eigenvalue weighted by Crippen LogP contribution is -2.28. The average Bonchev–Trinajstić information content (AvgIpc) is 2.85. The number of imidazole rings is 1. The predicted molar refractivity (Wildman–Crippen MR) is 78.7 cm³/mol. The molecule has 1 aromatic heterocycles. The maximum atomic E-state index is 10.5. The molecule has 20 heavy (non-hydrogen) atoms. The lowest BCUT2D eigenvalue weighted by molar-refractivity contribution is -0.137. The van der Waals surface area contributed by atoms with Crippen LogP contribution in [0.25, 0.3) is 11.0 Å². The Bertz CT molecular complexity index is 565. The Kier molecular flexibility index (Phi) is 5.12. The number of rotatable bonds is 8. The van der Waals surface area contributed by atoms with Gasteiger partial charge < -0.3 is 15.0 Å². The highest BCUT2D eigenvalue weighted by Crippen LogP contribution is 2.11. The van der Waals surface area contributed by atoms with Gasteiger partial charge >= 0.3 is 5.97 Å². The molecule has 0 aliphatic rings. The van der Waals surface area contributed by atoms with Crippen LogP contribution in [0.1, 0.15) is 26.2 Å². The van der Waals surface area contributed by atoms with Crippen molar-refractivity contribution in [2.45, 2.75) is 38.8 Å². The van der Waals surface area contributed by atoms with Crippen LogP contribution >= 0.6 is 0 Å². The van der Waals surface area contributed by atoms with Gasteiger partial charge in [-0.25, -0.2) is 4.98 Å². The minimum Gasteiger partial charge on any atom is -0.481 e. The number of para-hydroxylation sites is 2. The number of aryl methyl sites for hydroxylation is 1. The van der Waals surface area contributed by atoms with Crippen LogP contribution in [0.4, 0.5) is 0 Å². The maximum Gasteiger partial charge on any atom is 0.303 e. The van der Waals surface area contributed by atoms with E-state index in [-0.39, 0.29) is 12.5 Å². The third kappa shape index (κ3) is 4.06. The lowest BCUT2D eigenvalue weighted by Gasteiger charge is -2.12. The molecule has 2 rings (SSSR count). The van der Waals surface area contributed by atoms with Crippen molar-refractivity contribution in [3.05, 3.63) is 30.6 Å². The van der Waals surface area contributed by atoms with Crippen LogP contribution in [0.2, 0.25) is 0 Å². The van der Waals surface area contributed by atoms with Crippen molar-refractivity contribution in [1.82, 2.24) is 14.9 Å². The van der Waals surface area contributed by atoms with Gasteiger partial charge in [0, 0.05) is 19.0 Å². The first kappa shape index (κ1) is 14.5. The summed E-state index contributed by atoms with van der Waals surface area (Å²) in [6, 6.07) is 8.34. The summed E-state index contributed by atoms with van der Waals surface area (Å²) in [5.74, 6) is -0.733. The molecule has 0 saturated heterocycles. The van der Waals surface area contributed by atoms with Crippen molar-refractivity contribution in [2.24, 2.45) is 0 Å². The smallest absolute Gasteiger partial charge is 0.303 e. The van der Waals surface area contributed by atoms with Gasteiger partial charge in [0.1, 0.15) is 0 Å². The van der Waals surface area contributed by atoms with E-state index in [4.69, 9.17) is 5.11 Å². The van der Waals surface area contributed by atoms with Gasteiger partial charge in [0.2, 0.25) is 0 Å². The van der Waals surface area contributed by atoms with Crippen LogP contribution in [0, 0.1) is 0 Å². The highest BCUT2D eigenvalue weighted by Gasteiger charge is 2.05. The molecule has 1 heterocycles. The molecule has 0 saturated carbocycles. The lowest BCUT2D eigenvalue weighted by atomic mass is 10.2. The molecule has 2 aromatic rings. The summed E-state index contributed by atoms with van der Waals surface area (Å²) in [4.78, 5) is 14.8. The standard InChI is InChI=1S/C15H21N3O2/c1-12(7-8-15(19)20)16-9-4-10-18-11-17-13-5-2-3-6-14(13)18/h2-3,5-6,11-12,16H,4,7-10H2,1H3,(H,19,20). The largest absolute Gasteiger partial charge is 0.481 e. The Morgan fingerprint density at radius 1 is 1.45 bits per heavy atom. The molecule has 1 atom stereocenters. The fraction of sp³-hybridized carbons (Fsp3) is 0.467. The monoisotopic (exact) mass is 275 g/mol. The fourth-order valence-electron chi connectivity index (χ4n) is 2.23. The number of carboxylic acid groups (broad SMARTS) is 1. The van der Waals surface area contributed by atoms with Gasteiger partial charge in [-0.3, -0.25) is 4.79 Å². The van der Waals surface area contributed by atoms with E-state index in [9.17, 15) is 4.79 Å². The first-order valence-corrected chi connectivity index (χ1v) is 7.02. The van der Waals surface area contributed by atoms with Gasteiger partial charge in [0.25, 0.3) is 0 Å². The Balaban J connectivity index is 1.72. The molecule has 108 valence electrons. The van der Waals surface area contributed by atoms with Crippen LogP contribution in [-0.4, -0.2) is 33.2 Å². The molecule has 1 aromatic carbocycles. The van der Waals surface area contributed by atoms with Crippen molar-refractivity contribution >= 4 is 17.0 Å². The first-order chi connectivity index (χ1) is 9.66. The predicted octanol–water partition coefficient (Wildman–Crippen LogP) is 2.27. The van der Waals surface area contributed by atoms with Gasteiger partial charge in [-0.05, 0) is 38.4 Å². The SMILES string of the molecule is CC(CCC(=O)O)NCCCn1cnc2ccccc21. The van der Waals surface area contributed by atoms with Crippen LogP contribution in [0.15, 0.2) is 30.6 Å². The van der Waals surface area contributed by atoms with Gasteiger partial charge in [-0.15, -0.1) is 0 Å². The van der Waals surface area contributed by atoms with Crippen molar-refractivity contribution in [3.8, 4) is 0 Å². The van der Waals surface area contributed by atoms with Crippen LogP contribution < -0.4 is 5.32 Å². The molecule has 2 N–H and O–H groups in total. The van der Waals surface area contributed by atoms with E-state index in [1.165, 1.54) is 0 Å². The highest BCUT2D eigenvalue weighted by atomic mass is 16.4. The minimum atomic E-state index is -0.733. The second-order valence-electron chi connectivity index (χ2n) is 5.07. The number of carbonyl (C=O) groups is 1. The van der Waals surface area contributed by atoms with Gasteiger partial charge in [-0.1, -0.05) is 12.1 Å². The molecule has 0 fully saturated rings. The van der Waals surface area contributed by atoms with Crippen molar-refractivity contribution in [2.75, 3.05) is 6.54 Å². The zero-order valence-corrected chi connectivity index (χ0v) is 11.7. The molecule has 0 amide bonds. The number of carboxylic acids is 1. The number of hydrogen-bond acceptors (Lipinski definition) is 3. The number of aliphatic carboxylic acids is 1. The van der Waals surface area contributed by atoms with Crippen LogP contribution in [0.3, 0.4) is 0 Å². The topological polar surface area (TPSA) is 67.2 Å². The highest BCUT2D eigenvalue weighted by molar-refractivity contribution is 5.74. The van der Waals surface area contributed by atoms with E-state index >= 15 is 0 Å². The van der Waals surface area contributed by atoms with Crippen LogP contribution in [0.5, 0.6) is 0 Å². The van der Waals surface area contributed by atoms with Gasteiger partial charge in [-0.2, -0.15) is 0 Å². The van der Waals surface area contributed by atoms with E-state index in [1.54, 1.807) is 0 Å². The molecular formula is C15H21N3O2. The number of hydrogen-bond donors (Lipinski definition) is 2. The number of nitrogens with one attached hydrogen (secondary N) is 1. The zero-order chi connectivity index (χ0) is 14.4. The Hall–Kier alpha value is -1.88. The number of aromatic nitrogens is 2. The summed E-state index contributed by atoms with van der Waals surface area (Å²) in [7, 11) is 0. The van der Waals surface area contributed by atoms with Gasteiger partial charge in [0.15, 0.2) is 0 Å². The molecule has 0 radical (unpaired) electrons. The molecule has 5 nitrogen and oxygen atoms in total. The molecule has 0 bridgehead atoms. The van der Waals surface area contributed by atoms with Crippen molar-refractivity contribution in [1.29, 1.82) is 0 Å². The number of nitrogens with zero attached hydrogens (tertiary/aromatic N) is 2. The Morgan fingerprint density at radius 2 is 2.25 bits per heavy atom. The maximum absolute atomic E-state index is 10.5. The molecule has 5 heteroatoms. The summed E-state index contributed by atoms with van der Waals surface area (Å²) in [6.07, 6.45) is 3.76. The molecule has 0 aliphatic carbocycles. The third-order valence-corrected chi connectivity index (χ3v) is 3.39. The Morgan fingerprint density at radius 3 is 3.05 bits per heavy atom. The second-order valence-corrected chi connectivity index (χ2v) is 5.07. The van der Waals surface area contributed by atoms with Gasteiger partial charge in [0.05, 0.1) is 17.4 Å². The first-order valence-electron chi connectivity index (χ1n) is 7.02. The average molecular weight is 275 g/mol. The summed E-state index contributed by atoms with van der Waals surface area (Å²) in [5, 5.41) is 12.0. The summed E-state index contributed by atoms with van der Waals surface area (Å²) < 4.78 is 2.15. The number of fused-ring (bicyclic) bond motifs is 1. The Labute approximate surface area is 118 Å².